The molecule has 0 bridgehead atoms. The van der Waals surface area contributed by atoms with Crippen LogP contribution in [0.2, 0.25) is 0 Å². The third kappa shape index (κ3) is 22.0. The summed E-state index contributed by atoms with van der Waals surface area (Å²) in [5.74, 6) is -0.277. The van der Waals surface area contributed by atoms with Crippen LogP contribution in [0.3, 0.4) is 0 Å². The molecule has 1 aliphatic rings. The van der Waals surface area contributed by atoms with Crippen molar-refractivity contribution in [1.82, 2.24) is 15.5 Å². The van der Waals surface area contributed by atoms with Crippen LogP contribution in [0, 0.1) is 0 Å². The molecule has 0 aromatic carbocycles. The van der Waals surface area contributed by atoms with Crippen molar-refractivity contribution in [2.45, 2.75) is 46.0 Å². The number of amides is 2. The Balaban J connectivity index is 0. The topological polar surface area (TPSA) is 108 Å². The van der Waals surface area contributed by atoms with Gasteiger partial charge < -0.3 is 25.4 Å². The summed E-state index contributed by atoms with van der Waals surface area (Å²) in [4.78, 5) is 34.1. The number of hydrogen-bond acceptors (Lipinski definition) is 6. The number of rotatable bonds is 8. The number of aliphatic hydroxyl groups is 1. The first kappa shape index (κ1) is 29.0. The van der Waals surface area contributed by atoms with Gasteiger partial charge in [-0.1, -0.05) is 19.6 Å². The highest BCUT2D eigenvalue weighted by molar-refractivity contribution is 5.92. The van der Waals surface area contributed by atoms with Crippen molar-refractivity contribution in [2.24, 2.45) is 0 Å². The zero-order valence-corrected chi connectivity index (χ0v) is 18.5. The minimum absolute atomic E-state index is 0.0473. The van der Waals surface area contributed by atoms with Crippen LogP contribution < -0.4 is 10.6 Å². The van der Waals surface area contributed by atoms with E-state index in [0.29, 0.717) is 11.1 Å². The maximum absolute atomic E-state index is 11.0. The normalized spacial score (nSPS) is 12.8. The van der Waals surface area contributed by atoms with Gasteiger partial charge in [-0.3, -0.25) is 9.59 Å². The lowest BCUT2D eigenvalue weighted by atomic mass is 10.2. The molecule has 0 spiro atoms. The standard InChI is InChI=1S/C9H18N2O.C6H11NO.C6H10O3/c1-8(2)9(12)10-6-5-7-11(3)4;8-6-4-2-1-3-5-7-6;1-5(2)6(8)9-4-3-7/h1,5-7H2,2-4H3,(H,10,12);1-5H2,(H,7,8);7H,1,3-4H2,2H3. The van der Waals surface area contributed by atoms with E-state index in [1.165, 1.54) is 6.42 Å². The minimum atomic E-state index is -0.455. The molecule has 29 heavy (non-hydrogen) atoms. The van der Waals surface area contributed by atoms with Gasteiger partial charge in [0, 0.05) is 30.7 Å². The lowest BCUT2D eigenvalue weighted by Crippen LogP contribution is -2.27. The lowest BCUT2D eigenvalue weighted by Gasteiger charge is -2.09. The van der Waals surface area contributed by atoms with Crippen molar-refractivity contribution in [3.8, 4) is 0 Å². The van der Waals surface area contributed by atoms with E-state index in [0.717, 1.165) is 45.3 Å². The summed E-state index contributed by atoms with van der Waals surface area (Å²) in [6.07, 6.45) is 5.16. The third-order valence-electron chi connectivity index (χ3n) is 3.53. The van der Waals surface area contributed by atoms with Gasteiger partial charge in [0.25, 0.3) is 0 Å². The van der Waals surface area contributed by atoms with E-state index in [4.69, 9.17) is 5.11 Å². The van der Waals surface area contributed by atoms with Gasteiger partial charge in [0.05, 0.1) is 6.61 Å². The monoisotopic (exact) mass is 413 g/mol. The summed E-state index contributed by atoms with van der Waals surface area (Å²) in [5, 5.41) is 13.8. The Bertz CT molecular complexity index is 508. The van der Waals surface area contributed by atoms with E-state index in [1.54, 1.807) is 13.8 Å². The highest BCUT2D eigenvalue weighted by Gasteiger charge is 2.03. The molecule has 168 valence electrons. The maximum atomic E-state index is 11.0. The number of ether oxygens (including phenoxy) is 1. The number of carbonyl (C=O) groups excluding carboxylic acids is 3. The van der Waals surface area contributed by atoms with Crippen LogP contribution in [0.4, 0.5) is 0 Å². The minimum Gasteiger partial charge on any atom is -0.460 e. The molecule has 8 nitrogen and oxygen atoms in total. The first-order valence-corrected chi connectivity index (χ1v) is 9.90. The average molecular weight is 414 g/mol. The van der Waals surface area contributed by atoms with Crippen LogP contribution >= 0.6 is 0 Å². The Labute approximate surface area is 175 Å². The number of nitrogens with zero attached hydrogens (tertiary/aromatic N) is 1. The van der Waals surface area contributed by atoms with Gasteiger partial charge in [0.15, 0.2) is 0 Å². The average Bonchev–Trinajstić information content (AvgIpc) is 2.91. The third-order valence-corrected chi connectivity index (χ3v) is 3.53. The lowest BCUT2D eigenvalue weighted by molar-refractivity contribution is -0.139. The highest BCUT2D eigenvalue weighted by atomic mass is 16.5. The molecule has 1 rings (SSSR count). The van der Waals surface area contributed by atoms with Gasteiger partial charge in [-0.05, 0) is 53.8 Å². The van der Waals surface area contributed by atoms with Crippen molar-refractivity contribution in [3.05, 3.63) is 24.3 Å². The number of hydrogen-bond donors (Lipinski definition) is 3. The smallest absolute Gasteiger partial charge is 0.333 e. The molecule has 1 fully saturated rings. The van der Waals surface area contributed by atoms with Gasteiger partial charge in [-0.25, -0.2) is 4.79 Å². The molecule has 1 saturated heterocycles. The quantitative estimate of drug-likeness (QED) is 0.315. The molecule has 8 heteroatoms. The molecule has 0 aromatic rings. The van der Waals surface area contributed by atoms with Crippen molar-refractivity contribution in [2.75, 3.05) is 46.9 Å². The first-order valence-electron chi connectivity index (χ1n) is 9.90. The Morgan fingerprint density at radius 1 is 1.17 bits per heavy atom. The summed E-state index contributed by atoms with van der Waals surface area (Å²) in [7, 11) is 4.03. The van der Waals surface area contributed by atoms with Gasteiger partial charge >= 0.3 is 5.97 Å². The largest absolute Gasteiger partial charge is 0.460 e. The first-order chi connectivity index (χ1) is 13.6. The molecule has 0 saturated carbocycles. The number of aliphatic hydroxyl groups excluding tert-OH is 1. The summed E-state index contributed by atoms with van der Waals surface area (Å²) >= 11 is 0. The van der Waals surface area contributed by atoms with Crippen LogP contribution in [-0.4, -0.2) is 74.7 Å². The molecule has 2 amide bonds. The fraction of sp³-hybridized carbons (Fsp3) is 0.667. The summed E-state index contributed by atoms with van der Waals surface area (Å²) in [6.45, 7) is 12.7. The number of nitrogens with one attached hydrogen (secondary N) is 2. The molecular weight excluding hydrogens is 374 g/mol. The zero-order valence-electron chi connectivity index (χ0n) is 18.5. The van der Waals surface area contributed by atoms with Gasteiger partial charge in [-0.2, -0.15) is 0 Å². The van der Waals surface area contributed by atoms with Crippen LogP contribution in [0.1, 0.15) is 46.0 Å². The Kier molecular flexibility index (Phi) is 19.2. The van der Waals surface area contributed by atoms with Crippen molar-refractivity contribution in [1.29, 1.82) is 0 Å². The van der Waals surface area contributed by atoms with Crippen LogP contribution in [0.25, 0.3) is 0 Å². The Hall–Kier alpha value is -2.19. The second kappa shape index (κ2) is 19.1. The van der Waals surface area contributed by atoms with Crippen LogP contribution in [-0.2, 0) is 19.1 Å². The molecular formula is C21H39N3O5. The SMILES string of the molecule is C=C(C)C(=O)NCCCN(C)C.C=C(C)C(=O)OCCO.O=C1CCCCCN1. The molecule has 0 unspecified atom stereocenters. The van der Waals surface area contributed by atoms with Gasteiger partial charge in [0.2, 0.25) is 11.8 Å². The molecule has 1 aliphatic heterocycles. The van der Waals surface area contributed by atoms with Crippen LogP contribution in [0.5, 0.6) is 0 Å². The molecule has 3 N–H and O–H groups in total. The summed E-state index contributed by atoms with van der Waals surface area (Å²) < 4.78 is 4.46. The molecule has 0 atom stereocenters. The summed E-state index contributed by atoms with van der Waals surface area (Å²) in [5.41, 5.74) is 0.920. The van der Waals surface area contributed by atoms with Crippen molar-refractivity contribution < 1.29 is 24.2 Å². The predicted molar refractivity (Wildman–Crippen MR) is 115 cm³/mol. The second-order valence-electron chi connectivity index (χ2n) is 6.99. The van der Waals surface area contributed by atoms with E-state index in [1.807, 2.05) is 14.1 Å². The van der Waals surface area contributed by atoms with Gasteiger partial charge in [0.1, 0.15) is 6.61 Å². The summed E-state index contributed by atoms with van der Waals surface area (Å²) in [6, 6.07) is 0. The number of carbonyl (C=O) groups is 3. The predicted octanol–water partition coefficient (Wildman–Crippen LogP) is 1.41. The fourth-order valence-electron chi connectivity index (χ4n) is 1.91. The molecule has 1 heterocycles. The Morgan fingerprint density at radius 3 is 2.34 bits per heavy atom. The Morgan fingerprint density at radius 2 is 1.83 bits per heavy atom. The molecule has 0 aliphatic carbocycles. The van der Waals surface area contributed by atoms with E-state index in [-0.39, 0.29) is 25.0 Å². The van der Waals surface area contributed by atoms with Crippen molar-refractivity contribution in [3.63, 3.8) is 0 Å². The zero-order chi connectivity index (χ0) is 22.7. The van der Waals surface area contributed by atoms with Crippen molar-refractivity contribution >= 4 is 17.8 Å². The van der Waals surface area contributed by atoms with E-state index in [9.17, 15) is 14.4 Å². The second-order valence-corrected chi connectivity index (χ2v) is 6.99. The van der Waals surface area contributed by atoms with E-state index in [2.05, 4.69) is 33.4 Å². The van der Waals surface area contributed by atoms with E-state index < -0.39 is 5.97 Å². The number of esters is 1. The molecule has 0 aromatic heterocycles. The highest BCUT2D eigenvalue weighted by Crippen LogP contribution is 2.02. The van der Waals surface area contributed by atoms with Crippen LogP contribution in [0.15, 0.2) is 24.3 Å². The fourth-order valence-corrected chi connectivity index (χ4v) is 1.91. The maximum Gasteiger partial charge on any atom is 0.333 e. The molecule has 0 radical (unpaired) electrons. The van der Waals surface area contributed by atoms with E-state index >= 15 is 0 Å². The van der Waals surface area contributed by atoms with Gasteiger partial charge in [-0.15, -0.1) is 0 Å².